The number of hydrogen-bond donors (Lipinski definition) is 1. The number of nitrogens with one attached hydrogen (secondary N) is 1. The monoisotopic (exact) mass is 389 g/mol. The lowest BCUT2D eigenvalue weighted by molar-refractivity contribution is -0.114. The van der Waals surface area contributed by atoms with Crippen molar-refractivity contribution in [1.29, 1.82) is 0 Å². The lowest BCUT2D eigenvalue weighted by Crippen LogP contribution is -2.31. The van der Waals surface area contributed by atoms with Gasteiger partial charge in [-0.1, -0.05) is 6.07 Å². The van der Waals surface area contributed by atoms with E-state index in [1.165, 1.54) is 17.3 Å². The van der Waals surface area contributed by atoms with Crippen molar-refractivity contribution in [1.82, 2.24) is 9.29 Å². The third kappa shape index (κ3) is 4.45. The normalized spacial score (nSPS) is 17.7. The third-order valence-electron chi connectivity index (χ3n) is 4.37. The first kappa shape index (κ1) is 19.3. The molecule has 1 N–H and O–H groups in total. The van der Waals surface area contributed by atoms with Gasteiger partial charge in [0.2, 0.25) is 21.8 Å². The highest BCUT2D eigenvalue weighted by Gasteiger charge is 2.34. The maximum Gasteiger partial charge on any atom is 0.243 e. The van der Waals surface area contributed by atoms with Crippen molar-refractivity contribution >= 4 is 21.6 Å². The maximum absolute atomic E-state index is 13.0. The zero-order chi connectivity index (χ0) is 19.6. The molecule has 1 aliphatic rings. The molecule has 8 heteroatoms. The summed E-state index contributed by atoms with van der Waals surface area (Å²) in [5.41, 5.74) is 2.02. The van der Waals surface area contributed by atoms with Crippen LogP contribution in [0.4, 0.5) is 5.69 Å². The second-order valence-corrected chi connectivity index (χ2v) is 8.58. The summed E-state index contributed by atoms with van der Waals surface area (Å²) in [5.74, 6) is 0.310. The summed E-state index contributed by atoms with van der Waals surface area (Å²) in [6, 6.07) is 10.3. The first-order chi connectivity index (χ1) is 12.8. The van der Waals surface area contributed by atoms with Gasteiger partial charge >= 0.3 is 0 Å². The molecule has 1 amide bonds. The Bertz CT molecular complexity index is 959. The number of ether oxygens (including phenoxy) is 1. The molecule has 0 bridgehead atoms. The summed E-state index contributed by atoms with van der Waals surface area (Å²) in [7, 11) is -3.63. The van der Waals surface area contributed by atoms with Gasteiger partial charge in [0.25, 0.3) is 0 Å². The Morgan fingerprint density at radius 2 is 2.04 bits per heavy atom. The molecule has 0 saturated carbocycles. The number of pyridine rings is 1. The standard InChI is InChI=1S/C19H23N3O4S/c1-13-11-16(21-15(3)23)7-8-18(13)27(24,25)22-10-9-17(12-22)26-19-6-4-5-14(2)20-19/h4-8,11,17H,9-10,12H2,1-3H3,(H,21,23). The zero-order valence-electron chi connectivity index (χ0n) is 15.6. The number of nitrogens with zero attached hydrogens (tertiary/aromatic N) is 2. The predicted molar refractivity (Wildman–Crippen MR) is 102 cm³/mol. The van der Waals surface area contributed by atoms with Crippen molar-refractivity contribution in [3.05, 3.63) is 47.7 Å². The maximum atomic E-state index is 13.0. The SMILES string of the molecule is CC(=O)Nc1ccc(S(=O)(=O)N2CCC(Oc3cccc(C)n3)C2)c(C)c1. The number of anilines is 1. The van der Waals surface area contributed by atoms with Crippen molar-refractivity contribution in [2.24, 2.45) is 0 Å². The van der Waals surface area contributed by atoms with Gasteiger partial charge in [0.15, 0.2) is 0 Å². The number of hydrogen-bond acceptors (Lipinski definition) is 5. The lowest BCUT2D eigenvalue weighted by Gasteiger charge is -2.19. The molecular weight excluding hydrogens is 366 g/mol. The van der Waals surface area contributed by atoms with Gasteiger partial charge in [-0.05, 0) is 50.1 Å². The Hall–Kier alpha value is -2.45. The van der Waals surface area contributed by atoms with E-state index in [9.17, 15) is 13.2 Å². The molecule has 1 atom stereocenters. The minimum atomic E-state index is -3.63. The van der Waals surface area contributed by atoms with Gasteiger partial charge in [-0.15, -0.1) is 0 Å². The number of benzene rings is 1. The molecule has 1 aliphatic heterocycles. The first-order valence-electron chi connectivity index (χ1n) is 8.74. The molecule has 27 heavy (non-hydrogen) atoms. The zero-order valence-corrected chi connectivity index (χ0v) is 16.4. The van der Waals surface area contributed by atoms with E-state index in [-0.39, 0.29) is 23.5 Å². The van der Waals surface area contributed by atoms with Gasteiger partial charge in [-0.2, -0.15) is 4.31 Å². The Morgan fingerprint density at radius 1 is 1.26 bits per heavy atom. The Balaban J connectivity index is 1.73. The van der Waals surface area contributed by atoms with Crippen molar-refractivity contribution in [3.63, 3.8) is 0 Å². The summed E-state index contributed by atoms with van der Waals surface area (Å²) in [6.07, 6.45) is 0.380. The average Bonchev–Trinajstić information content (AvgIpc) is 3.03. The molecule has 1 saturated heterocycles. The Kier molecular flexibility index (Phi) is 5.48. The Morgan fingerprint density at radius 3 is 2.70 bits per heavy atom. The fourth-order valence-electron chi connectivity index (χ4n) is 3.13. The summed E-state index contributed by atoms with van der Waals surface area (Å²) in [5, 5.41) is 2.66. The molecule has 0 aliphatic carbocycles. The van der Waals surface area contributed by atoms with Crippen molar-refractivity contribution in [2.45, 2.75) is 38.2 Å². The topological polar surface area (TPSA) is 88.6 Å². The number of carbonyl (C=O) groups excluding carboxylic acids is 1. The fraction of sp³-hybridized carbons (Fsp3) is 0.368. The quantitative estimate of drug-likeness (QED) is 0.849. The lowest BCUT2D eigenvalue weighted by atomic mass is 10.2. The number of rotatable bonds is 5. The van der Waals surface area contributed by atoms with E-state index in [2.05, 4.69) is 10.3 Å². The van der Waals surface area contributed by atoms with Crippen LogP contribution >= 0.6 is 0 Å². The van der Waals surface area contributed by atoms with E-state index in [1.807, 2.05) is 19.1 Å². The number of carbonyl (C=O) groups is 1. The van der Waals surface area contributed by atoms with Crippen molar-refractivity contribution in [2.75, 3.05) is 18.4 Å². The van der Waals surface area contributed by atoms with Gasteiger partial charge in [-0.3, -0.25) is 4.79 Å². The molecule has 144 valence electrons. The summed E-state index contributed by atoms with van der Waals surface area (Å²) in [4.78, 5) is 15.7. The van der Waals surface area contributed by atoms with E-state index in [4.69, 9.17) is 4.74 Å². The van der Waals surface area contributed by atoms with Crippen molar-refractivity contribution < 1.29 is 17.9 Å². The van der Waals surface area contributed by atoms with Crippen molar-refractivity contribution in [3.8, 4) is 5.88 Å². The van der Waals surface area contributed by atoms with E-state index >= 15 is 0 Å². The van der Waals surface area contributed by atoms with Crippen LogP contribution in [0.2, 0.25) is 0 Å². The van der Waals surface area contributed by atoms with Gasteiger partial charge < -0.3 is 10.1 Å². The molecule has 1 aromatic heterocycles. The van der Waals surface area contributed by atoms with Gasteiger partial charge in [0, 0.05) is 30.9 Å². The van der Waals surface area contributed by atoms with Gasteiger partial charge in [-0.25, -0.2) is 13.4 Å². The van der Waals surface area contributed by atoms with Crippen LogP contribution in [0.5, 0.6) is 5.88 Å². The number of amides is 1. The highest BCUT2D eigenvalue weighted by atomic mass is 32.2. The third-order valence-corrected chi connectivity index (χ3v) is 6.40. The van der Waals surface area contributed by atoms with Crippen LogP contribution in [0, 0.1) is 13.8 Å². The van der Waals surface area contributed by atoms with Crippen LogP contribution in [0.15, 0.2) is 41.3 Å². The van der Waals surface area contributed by atoms with Crippen LogP contribution in [-0.2, 0) is 14.8 Å². The molecule has 2 heterocycles. The molecule has 1 aromatic carbocycles. The van der Waals surface area contributed by atoms with Crippen LogP contribution in [0.3, 0.4) is 0 Å². The second-order valence-electron chi connectivity index (χ2n) is 6.67. The van der Waals surface area contributed by atoms with E-state index in [0.29, 0.717) is 30.1 Å². The first-order valence-corrected chi connectivity index (χ1v) is 10.2. The molecular formula is C19H23N3O4S. The molecule has 1 fully saturated rings. The summed E-state index contributed by atoms with van der Waals surface area (Å²) < 4.78 is 33.3. The minimum Gasteiger partial charge on any atom is -0.473 e. The smallest absolute Gasteiger partial charge is 0.243 e. The molecule has 0 radical (unpaired) electrons. The number of aryl methyl sites for hydroxylation is 2. The Labute approximate surface area is 159 Å². The fourth-order valence-corrected chi connectivity index (χ4v) is 4.82. The van der Waals surface area contributed by atoms with Crippen LogP contribution in [-0.4, -0.2) is 42.8 Å². The molecule has 7 nitrogen and oxygen atoms in total. The minimum absolute atomic E-state index is 0.200. The van der Waals surface area contributed by atoms with Gasteiger partial charge in [0.1, 0.15) is 6.10 Å². The largest absolute Gasteiger partial charge is 0.473 e. The molecule has 3 rings (SSSR count). The highest BCUT2D eigenvalue weighted by molar-refractivity contribution is 7.89. The molecule has 1 unspecified atom stereocenters. The van der Waals surface area contributed by atoms with Gasteiger partial charge in [0.05, 0.1) is 11.4 Å². The predicted octanol–water partition coefficient (Wildman–Crippen LogP) is 2.50. The highest BCUT2D eigenvalue weighted by Crippen LogP contribution is 2.27. The van der Waals surface area contributed by atoms with E-state index in [1.54, 1.807) is 25.1 Å². The number of aromatic nitrogens is 1. The van der Waals surface area contributed by atoms with E-state index < -0.39 is 10.0 Å². The van der Waals surface area contributed by atoms with E-state index in [0.717, 1.165) is 5.69 Å². The average molecular weight is 389 g/mol. The summed E-state index contributed by atoms with van der Waals surface area (Å²) >= 11 is 0. The molecule has 0 spiro atoms. The van der Waals surface area contributed by atoms with Crippen LogP contribution in [0.25, 0.3) is 0 Å². The van der Waals surface area contributed by atoms with Crippen LogP contribution in [0.1, 0.15) is 24.6 Å². The molecule has 2 aromatic rings. The second kappa shape index (κ2) is 7.66. The number of sulfonamides is 1. The summed E-state index contributed by atoms with van der Waals surface area (Å²) in [6.45, 7) is 5.69. The van der Waals surface area contributed by atoms with Crippen LogP contribution < -0.4 is 10.1 Å².